The molecule has 0 bridgehead atoms. The lowest BCUT2D eigenvalue weighted by Crippen LogP contribution is -2.34. The van der Waals surface area contributed by atoms with E-state index in [0.29, 0.717) is 6.20 Å². The van der Waals surface area contributed by atoms with Gasteiger partial charge in [0, 0.05) is 16.7 Å². The molecular formula is C8H3F5N4O. The zero-order valence-electron chi connectivity index (χ0n) is 8.32. The largest absolute Gasteiger partial charge is 0.459 e. The second kappa shape index (κ2) is 4.57. The summed E-state index contributed by atoms with van der Waals surface area (Å²) < 4.78 is 62.0. The Morgan fingerprint density at radius 2 is 1.94 bits per heavy atom. The SMILES string of the molecule is [N-]=[N+]=Nc1cc(C(F)(F)C(F)(F)F)ncc1C=O. The predicted octanol–water partition coefficient (Wildman–Crippen LogP) is 3.49. The number of carbonyl (C=O) groups is 1. The smallest absolute Gasteiger partial charge is 0.298 e. The third-order valence-electron chi connectivity index (χ3n) is 1.87. The second-order valence-electron chi connectivity index (χ2n) is 3.01. The lowest BCUT2D eigenvalue weighted by atomic mass is 10.1. The van der Waals surface area contributed by atoms with Crippen molar-refractivity contribution in [1.29, 1.82) is 0 Å². The van der Waals surface area contributed by atoms with Gasteiger partial charge < -0.3 is 0 Å². The van der Waals surface area contributed by atoms with Gasteiger partial charge in [-0.1, -0.05) is 5.11 Å². The summed E-state index contributed by atoms with van der Waals surface area (Å²) in [4.78, 5) is 15.5. The minimum atomic E-state index is -5.84. The van der Waals surface area contributed by atoms with Crippen LogP contribution in [-0.2, 0) is 5.92 Å². The molecule has 1 heterocycles. The molecule has 96 valence electrons. The molecule has 0 spiro atoms. The zero-order valence-corrected chi connectivity index (χ0v) is 8.32. The third-order valence-corrected chi connectivity index (χ3v) is 1.87. The molecule has 0 aliphatic carbocycles. The fourth-order valence-corrected chi connectivity index (χ4v) is 0.998. The maximum Gasteiger partial charge on any atom is 0.459 e. The molecule has 0 unspecified atom stereocenters. The number of azide groups is 1. The predicted molar refractivity (Wildman–Crippen MR) is 48.4 cm³/mol. The monoisotopic (exact) mass is 266 g/mol. The summed E-state index contributed by atoms with van der Waals surface area (Å²) in [5.74, 6) is -5.20. The topological polar surface area (TPSA) is 78.7 Å². The minimum Gasteiger partial charge on any atom is -0.298 e. The number of carbonyl (C=O) groups excluding carboxylic acids is 1. The number of pyridine rings is 1. The maximum atomic E-state index is 12.9. The molecule has 0 saturated heterocycles. The van der Waals surface area contributed by atoms with Crippen molar-refractivity contribution in [3.63, 3.8) is 0 Å². The van der Waals surface area contributed by atoms with Crippen LogP contribution in [0.15, 0.2) is 17.4 Å². The highest BCUT2D eigenvalue weighted by Gasteiger charge is 2.59. The van der Waals surface area contributed by atoms with Gasteiger partial charge in [-0.3, -0.25) is 9.78 Å². The first-order valence-electron chi connectivity index (χ1n) is 4.19. The van der Waals surface area contributed by atoms with Crippen LogP contribution >= 0.6 is 0 Å². The Morgan fingerprint density at radius 3 is 2.39 bits per heavy atom. The highest BCUT2D eigenvalue weighted by atomic mass is 19.4. The van der Waals surface area contributed by atoms with Crippen LogP contribution in [0.25, 0.3) is 10.4 Å². The second-order valence-corrected chi connectivity index (χ2v) is 3.01. The first kappa shape index (κ1) is 13.8. The Hall–Kier alpha value is -2.22. The summed E-state index contributed by atoms with van der Waals surface area (Å²) in [6.45, 7) is 0. The van der Waals surface area contributed by atoms with E-state index in [-0.39, 0.29) is 12.4 Å². The number of hydrogen-bond donors (Lipinski definition) is 0. The van der Waals surface area contributed by atoms with E-state index in [1.54, 1.807) is 0 Å². The summed E-state index contributed by atoms with van der Waals surface area (Å²) in [7, 11) is 0. The molecule has 0 aliphatic heterocycles. The van der Waals surface area contributed by atoms with Crippen molar-refractivity contribution in [2.24, 2.45) is 5.11 Å². The maximum absolute atomic E-state index is 12.9. The van der Waals surface area contributed by atoms with Crippen LogP contribution < -0.4 is 0 Å². The molecule has 0 atom stereocenters. The number of halogens is 5. The molecule has 0 saturated carbocycles. The van der Waals surface area contributed by atoms with Gasteiger partial charge in [0.1, 0.15) is 5.69 Å². The van der Waals surface area contributed by atoms with Crippen LogP contribution in [0.5, 0.6) is 0 Å². The fourth-order valence-electron chi connectivity index (χ4n) is 0.998. The number of aromatic nitrogens is 1. The Morgan fingerprint density at radius 1 is 1.33 bits per heavy atom. The van der Waals surface area contributed by atoms with E-state index in [2.05, 4.69) is 15.0 Å². The molecule has 18 heavy (non-hydrogen) atoms. The minimum absolute atomic E-state index is 0.118. The normalized spacial score (nSPS) is 11.8. The summed E-state index contributed by atoms with van der Waals surface area (Å²) >= 11 is 0. The molecule has 0 aromatic carbocycles. The molecule has 0 N–H and O–H groups in total. The highest BCUT2D eigenvalue weighted by molar-refractivity contribution is 5.82. The molecule has 0 fully saturated rings. The molecule has 1 rings (SSSR count). The van der Waals surface area contributed by atoms with E-state index in [1.807, 2.05) is 0 Å². The van der Waals surface area contributed by atoms with Crippen LogP contribution in [0.3, 0.4) is 0 Å². The molecule has 0 aliphatic rings. The van der Waals surface area contributed by atoms with Gasteiger partial charge in [0.15, 0.2) is 6.29 Å². The number of nitrogens with zero attached hydrogens (tertiary/aromatic N) is 4. The van der Waals surface area contributed by atoms with E-state index >= 15 is 0 Å². The molecular weight excluding hydrogens is 263 g/mol. The van der Waals surface area contributed by atoms with Crippen molar-refractivity contribution in [3.05, 3.63) is 34.0 Å². The summed E-state index contributed by atoms with van der Waals surface area (Å²) in [5, 5.41) is 2.84. The first-order valence-corrected chi connectivity index (χ1v) is 4.19. The summed E-state index contributed by atoms with van der Waals surface area (Å²) in [6, 6.07) is 0.219. The van der Waals surface area contributed by atoms with Crippen LogP contribution in [-0.4, -0.2) is 17.4 Å². The van der Waals surface area contributed by atoms with Crippen molar-refractivity contribution in [1.82, 2.24) is 4.98 Å². The fraction of sp³-hybridized carbons (Fsp3) is 0.250. The molecule has 0 amide bonds. The molecule has 0 radical (unpaired) electrons. The number of alkyl halides is 5. The van der Waals surface area contributed by atoms with Gasteiger partial charge in [0.2, 0.25) is 0 Å². The average Bonchev–Trinajstić information content (AvgIpc) is 2.28. The number of hydrogen-bond acceptors (Lipinski definition) is 3. The van der Waals surface area contributed by atoms with Gasteiger partial charge in [0.05, 0.1) is 5.69 Å². The van der Waals surface area contributed by atoms with Gasteiger partial charge in [0.25, 0.3) is 0 Å². The Balaban J connectivity index is 3.41. The lowest BCUT2D eigenvalue weighted by Gasteiger charge is -2.19. The van der Waals surface area contributed by atoms with Crippen LogP contribution in [0.2, 0.25) is 0 Å². The Bertz CT molecular complexity index is 521. The highest BCUT2D eigenvalue weighted by Crippen LogP contribution is 2.43. The Labute approximate surface area is 95.9 Å². The van der Waals surface area contributed by atoms with Crippen molar-refractivity contribution in [3.8, 4) is 0 Å². The van der Waals surface area contributed by atoms with Crippen LogP contribution in [0.4, 0.5) is 27.6 Å². The molecule has 5 nitrogen and oxygen atoms in total. The summed E-state index contributed by atoms with van der Waals surface area (Å²) in [6.07, 6.45) is -5.24. The van der Waals surface area contributed by atoms with Gasteiger partial charge in [-0.15, -0.1) is 0 Å². The Kier molecular flexibility index (Phi) is 3.52. The molecule has 10 heteroatoms. The van der Waals surface area contributed by atoms with Crippen molar-refractivity contribution < 1.29 is 26.7 Å². The van der Waals surface area contributed by atoms with Crippen molar-refractivity contribution in [2.75, 3.05) is 0 Å². The van der Waals surface area contributed by atoms with E-state index in [0.717, 1.165) is 0 Å². The van der Waals surface area contributed by atoms with Crippen LogP contribution in [0.1, 0.15) is 16.1 Å². The van der Waals surface area contributed by atoms with Gasteiger partial charge in [-0.2, -0.15) is 22.0 Å². The van der Waals surface area contributed by atoms with Crippen molar-refractivity contribution in [2.45, 2.75) is 12.1 Å². The van der Waals surface area contributed by atoms with E-state index in [4.69, 9.17) is 5.53 Å². The van der Waals surface area contributed by atoms with Crippen LogP contribution in [0, 0.1) is 0 Å². The molecule has 1 aromatic heterocycles. The average molecular weight is 266 g/mol. The number of aldehydes is 1. The van der Waals surface area contributed by atoms with E-state index < -0.39 is 29.0 Å². The van der Waals surface area contributed by atoms with Crippen molar-refractivity contribution >= 4 is 12.0 Å². The van der Waals surface area contributed by atoms with Gasteiger partial charge >= 0.3 is 12.1 Å². The molecule has 1 aromatic rings. The lowest BCUT2D eigenvalue weighted by molar-refractivity contribution is -0.290. The van der Waals surface area contributed by atoms with Gasteiger partial charge in [-0.25, -0.2) is 0 Å². The first-order chi connectivity index (χ1) is 8.24. The standard InChI is InChI=1S/C8H3F5N4O/c9-7(10,8(11,12)13)6-1-5(16-17-14)4(3-18)2-15-6/h1-3H. The zero-order chi connectivity index (χ0) is 14.0. The quantitative estimate of drug-likeness (QED) is 0.276. The summed E-state index contributed by atoms with van der Waals surface area (Å²) in [5.41, 5.74) is 5.41. The van der Waals surface area contributed by atoms with E-state index in [1.165, 1.54) is 0 Å². The number of rotatable bonds is 3. The van der Waals surface area contributed by atoms with E-state index in [9.17, 15) is 26.7 Å². The van der Waals surface area contributed by atoms with Gasteiger partial charge in [-0.05, 0) is 11.6 Å². The third kappa shape index (κ3) is 2.38.